The molecule has 6 nitrogen and oxygen atoms in total. The van der Waals surface area contributed by atoms with Crippen molar-refractivity contribution in [3.8, 4) is 5.88 Å². The minimum absolute atomic E-state index is 0.141. The van der Waals surface area contributed by atoms with Gasteiger partial charge in [-0.1, -0.05) is 19.9 Å². The Morgan fingerprint density at radius 2 is 2.04 bits per heavy atom. The smallest absolute Gasteiger partial charge is 0.315 e. The average Bonchev–Trinajstić information content (AvgIpc) is 2.59. The second-order valence-corrected chi connectivity index (χ2v) is 6.19. The first-order valence-electron chi connectivity index (χ1n) is 8.54. The summed E-state index contributed by atoms with van der Waals surface area (Å²) in [5.41, 5.74) is 2.90. The number of carbonyl (C=O) groups is 1. The molecule has 6 heteroatoms. The largest absolute Gasteiger partial charge is 0.478 e. The maximum Gasteiger partial charge on any atom is 0.315 e. The van der Waals surface area contributed by atoms with Crippen molar-refractivity contribution in [2.24, 2.45) is 5.92 Å². The average molecular weight is 342 g/mol. The van der Waals surface area contributed by atoms with Crippen molar-refractivity contribution in [1.82, 2.24) is 20.6 Å². The van der Waals surface area contributed by atoms with Crippen molar-refractivity contribution in [2.45, 2.75) is 40.3 Å². The van der Waals surface area contributed by atoms with Crippen molar-refractivity contribution in [3.05, 3.63) is 53.5 Å². The van der Waals surface area contributed by atoms with Gasteiger partial charge in [0, 0.05) is 25.0 Å². The van der Waals surface area contributed by atoms with Crippen LogP contribution in [-0.4, -0.2) is 22.6 Å². The molecule has 0 unspecified atom stereocenters. The van der Waals surface area contributed by atoms with E-state index >= 15 is 0 Å². The van der Waals surface area contributed by atoms with Gasteiger partial charge in [-0.25, -0.2) is 9.78 Å². The molecule has 0 aliphatic carbocycles. The summed E-state index contributed by atoms with van der Waals surface area (Å²) in [5.74, 6) is 0.788. The van der Waals surface area contributed by atoms with Gasteiger partial charge in [-0.3, -0.25) is 4.98 Å². The van der Waals surface area contributed by atoms with Gasteiger partial charge in [0.15, 0.2) is 0 Å². The molecule has 0 aromatic carbocycles. The number of hydrogen-bond donors (Lipinski definition) is 2. The maximum absolute atomic E-state index is 12.3. The van der Waals surface area contributed by atoms with Crippen molar-refractivity contribution in [2.75, 3.05) is 6.61 Å². The van der Waals surface area contributed by atoms with Gasteiger partial charge >= 0.3 is 6.03 Å². The summed E-state index contributed by atoms with van der Waals surface area (Å²) in [6, 6.07) is 7.22. The Hall–Kier alpha value is -2.63. The minimum atomic E-state index is -0.224. The standard InChI is InChI=1S/C19H26N4O2/c1-5-25-16-11-15(8-10-20-16)12-22-19(24)23-17(13(2)3)18-14(4)7-6-9-21-18/h6-11,13,17H,5,12H2,1-4H3,(H2,22,23,24)/t17-/m1/s1. The Bertz CT molecular complexity index is 703. The molecule has 2 rings (SSSR count). The highest BCUT2D eigenvalue weighted by Crippen LogP contribution is 2.22. The SMILES string of the molecule is CCOc1cc(CNC(=O)N[C@@H](c2ncccc2C)C(C)C)ccn1. The van der Waals surface area contributed by atoms with Crippen LogP contribution in [0.15, 0.2) is 36.7 Å². The molecule has 2 aromatic heterocycles. The Balaban J connectivity index is 1.98. The number of hydrogen-bond acceptors (Lipinski definition) is 4. The molecule has 134 valence electrons. The van der Waals surface area contributed by atoms with Crippen LogP contribution in [0.4, 0.5) is 4.79 Å². The Labute approximate surface area is 149 Å². The van der Waals surface area contributed by atoms with Crippen LogP contribution < -0.4 is 15.4 Å². The first-order chi connectivity index (χ1) is 12.0. The fourth-order valence-corrected chi connectivity index (χ4v) is 2.54. The molecular formula is C19H26N4O2. The number of pyridine rings is 2. The van der Waals surface area contributed by atoms with Crippen LogP contribution in [0.2, 0.25) is 0 Å². The van der Waals surface area contributed by atoms with Crippen molar-refractivity contribution < 1.29 is 9.53 Å². The summed E-state index contributed by atoms with van der Waals surface area (Å²) in [5, 5.41) is 5.91. The summed E-state index contributed by atoms with van der Waals surface area (Å²) < 4.78 is 5.37. The van der Waals surface area contributed by atoms with E-state index in [1.165, 1.54) is 0 Å². The number of rotatable bonds is 7. The van der Waals surface area contributed by atoms with Crippen LogP contribution in [-0.2, 0) is 6.54 Å². The zero-order chi connectivity index (χ0) is 18.2. The molecule has 0 fully saturated rings. The second kappa shape index (κ2) is 9.01. The molecule has 0 saturated carbocycles. The molecule has 0 bridgehead atoms. The van der Waals surface area contributed by atoms with Gasteiger partial charge in [0.05, 0.1) is 18.3 Å². The molecule has 2 aromatic rings. The zero-order valence-electron chi connectivity index (χ0n) is 15.2. The van der Waals surface area contributed by atoms with Crippen LogP contribution in [0.1, 0.15) is 43.6 Å². The first-order valence-corrected chi connectivity index (χ1v) is 8.54. The molecule has 2 N–H and O–H groups in total. The van der Waals surface area contributed by atoms with Crippen LogP contribution in [0.25, 0.3) is 0 Å². The lowest BCUT2D eigenvalue weighted by Crippen LogP contribution is -2.40. The topological polar surface area (TPSA) is 76.1 Å². The zero-order valence-corrected chi connectivity index (χ0v) is 15.2. The highest BCUT2D eigenvalue weighted by Gasteiger charge is 2.21. The lowest BCUT2D eigenvalue weighted by molar-refractivity contribution is 0.232. The normalized spacial score (nSPS) is 11.9. The number of aryl methyl sites for hydroxylation is 1. The molecule has 2 heterocycles. The van der Waals surface area contributed by atoms with E-state index in [4.69, 9.17) is 4.74 Å². The van der Waals surface area contributed by atoms with Crippen molar-refractivity contribution in [1.29, 1.82) is 0 Å². The number of urea groups is 1. The molecule has 0 aliphatic rings. The molecule has 0 spiro atoms. The van der Waals surface area contributed by atoms with Crippen LogP contribution in [0.3, 0.4) is 0 Å². The van der Waals surface area contributed by atoms with E-state index in [1.807, 2.05) is 38.1 Å². The fourth-order valence-electron chi connectivity index (χ4n) is 2.54. The third-order valence-electron chi connectivity index (χ3n) is 3.84. The molecule has 0 aliphatic heterocycles. The Morgan fingerprint density at radius 1 is 1.24 bits per heavy atom. The predicted molar refractivity (Wildman–Crippen MR) is 97.3 cm³/mol. The van der Waals surface area contributed by atoms with E-state index in [1.54, 1.807) is 12.4 Å². The molecule has 25 heavy (non-hydrogen) atoms. The van der Waals surface area contributed by atoms with Crippen LogP contribution in [0, 0.1) is 12.8 Å². The van der Waals surface area contributed by atoms with Gasteiger partial charge in [0.1, 0.15) is 0 Å². The second-order valence-electron chi connectivity index (χ2n) is 6.19. The van der Waals surface area contributed by atoms with E-state index in [9.17, 15) is 4.79 Å². The predicted octanol–water partition coefficient (Wildman–Crippen LogP) is 3.38. The number of aromatic nitrogens is 2. The van der Waals surface area contributed by atoms with E-state index in [0.717, 1.165) is 16.8 Å². The van der Waals surface area contributed by atoms with Crippen LogP contribution >= 0.6 is 0 Å². The lowest BCUT2D eigenvalue weighted by atomic mass is 9.97. The number of ether oxygens (including phenoxy) is 1. The van der Waals surface area contributed by atoms with E-state index in [2.05, 4.69) is 34.4 Å². The number of carbonyl (C=O) groups excluding carboxylic acids is 1. The van der Waals surface area contributed by atoms with E-state index in [-0.39, 0.29) is 18.0 Å². The summed E-state index contributed by atoms with van der Waals surface area (Å²) in [6.45, 7) is 9.01. The lowest BCUT2D eigenvalue weighted by Gasteiger charge is -2.23. The van der Waals surface area contributed by atoms with Crippen molar-refractivity contribution in [3.63, 3.8) is 0 Å². The number of amides is 2. The molecule has 0 radical (unpaired) electrons. The van der Waals surface area contributed by atoms with E-state index < -0.39 is 0 Å². The highest BCUT2D eigenvalue weighted by atomic mass is 16.5. The summed E-state index contributed by atoms with van der Waals surface area (Å²) >= 11 is 0. The quantitative estimate of drug-likeness (QED) is 0.809. The maximum atomic E-state index is 12.3. The van der Waals surface area contributed by atoms with Crippen molar-refractivity contribution >= 4 is 6.03 Å². The van der Waals surface area contributed by atoms with Gasteiger partial charge in [-0.2, -0.15) is 0 Å². The third kappa shape index (κ3) is 5.45. The highest BCUT2D eigenvalue weighted by molar-refractivity contribution is 5.74. The van der Waals surface area contributed by atoms with Gasteiger partial charge in [0.25, 0.3) is 0 Å². The molecule has 2 amide bonds. The summed E-state index contributed by atoms with van der Waals surface area (Å²) in [6.07, 6.45) is 3.43. The molecule has 1 atom stereocenters. The minimum Gasteiger partial charge on any atom is -0.478 e. The van der Waals surface area contributed by atoms with E-state index in [0.29, 0.717) is 19.0 Å². The Morgan fingerprint density at radius 3 is 2.72 bits per heavy atom. The van der Waals surface area contributed by atoms with Gasteiger partial charge in [0.2, 0.25) is 5.88 Å². The summed E-state index contributed by atoms with van der Waals surface area (Å²) in [7, 11) is 0. The van der Waals surface area contributed by atoms with Gasteiger partial charge < -0.3 is 15.4 Å². The number of nitrogens with one attached hydrogen (secondary N) is 2. The first kappa shape index (κ1) is 18.7. The van der Waals surface area contributed by atoms with Gasteiger partial charge in [-0.05, 0) is 43.0 Å². The Kier molecular flexibility index (Phi) is 6.74. The monoisotopic (exact) mass is 342 g/mol. The summed E-state index contributed by atoms with van der Waals surface area (Å²) in [4.78, 5) is 20.9. The number of nitrogens with zero attached hydrogens (tertiary/aromatic N) is 2. The molecule has 0 saturated heterocycles. The third-order valence-corrected chi connectivity index (χ3v) is 3.84. The molecular weight excluding hydrogens is 316 g/mol. The fraction of sp³-hybridized carbons (Fsp3) is 0.421. The van der Waals surface area contributed by atoms with Gasteiger partial charge in [-0.15, -0.1) is 0 Å². The van der Waals surface area contributed by atoms with Crippen LogP contribution in [0.5, 0.6) is 5.88 Å².